The summed E-state index contributed by atoms with van der Waals surface area (Å²) in [5.41, 5.74) is 0.699. The Labute approximate surface area is 167 Å². The molecule has 3 aromatic rings. The van der Waals surface area contributed by atoms with Crippen molar-refractivity contribution in [2.45, 2.75) is 31.1 Å². The zero-order valence-corrected chi connectivity index (χ0v) is 17.0. The monoisotopic (exact) mass is 419 g/mol. The Morgan fingerprint density at radius 2 is 1.82 bits per heavy atom. The summed E-state index contributed by atoms with van der Waals surface area (Å²) in [5, 5.41) is 3.65. The van der Waals surface area contributed by atoms with Gasteiger partial charge in [-0.05, 0) is 29.2 Å². The van der Waals surface area contributed by atoms with Crippen molar-refractivity contribution in [3.05, 3.63) is 70.8 Å². The Morgan fingerprint density at radius 1 is 1.14 bits per heavy atom. The molecule has 9 heteroatoms. The molecule has 2 aromatic heterocycles. The van der Waals surface area contributed by atoms with E-state index in [9.17, 15) is 13.2 Å². The van der Waals surface area contributed by atoms with Crippen LogP contribution in [-0.4, -0.2) is 24.3 Å². The molecule has 0 aliphatic heterocycles. The minimum absolute atomic E-state index is 0.0474. The zero-order chi connectivity index (χ0) is 20.5. The topological polar surface area (TPSA) is 102 Å². The summed E-state index contributed by atoms with van der Waals surface area (Å²) in [6.45, 7) is 6.11. The first-order valence-electron chi connectivity index (χ1n) is 8.32. The Morgan fingerprint density at radius 3 is 2.39 bits per heavy atom. The van der Waals surface area contributed by atoms with Crippen LogP contribution in [0.5, 0.6) is 0 Å². The van der Waals surface area contributed by atoms with E-state index in [2.05, 4.69) is 14.9 Å². The predicted octanol–water partition coefficient (Wildman–Crippen LogP) is 4.05. The van der Waals surface area contributed by atoms with Gasteiger partial charge in [-0.15, -0.1) is 0 Å². The van der Waals surface area contributed by atoms with Crippen molar-refractivity contribution in [1.82, 2.24) is 10.1 Å². The average Bonchev–Trinajstić information content (AvgIpc) is 3.15. The van der Waals surface area contributed by atoms with Crippen LogP contribution in [0.1, 0.15) is 42.6 Å². The summed E-state index contributed by atoms with van der Waals surface area (Å²) in [5.74, 6) is -0.681. The molecule has 0 unspecified atom stereocenters. The van der Waals surface area contributed by atoms with Crippen molar-refractivity contribution in [3.8, 4) is 0 Å². The van der Waals surface area contributed by atoms with E-state index < -0.39 is 15.8 Å². The van der Waals surface area contributed by atoms with E-state index in [0.29, 0.717) is 0 Å². The van der Waals surface area contributed by atoms with Gasteiger partial charge in [0.1, 0.15) is 5.69 Å². The molecular formula is C19H18ClN3O4S. The smallest absolute Gasteiger partial charge is 0.261 e. The van der Waals surface area contributed by atoms with Gasteiger partial charge in [0.25, 0.3) is 15.8 Å². The maximum Gasteiger partial charge on any atom is 0.261 e. The summed E-state index contributed by atoms with van der Waals surface area (Å²) < 4.78 is 32.8. The first-order chi connectivity index (χ1) is 13.1. The van der Waals surface area contributed by atoms with E-state index in [0.717, 1.165) is 5.56 Å². The molecule has 146 valence electrons. The fourth-order valence-electron chi connectivity index (χ4n) is 2.49. The van der Waals surface area contributed by atoms with Crippen molar-refractivity contribution in [1.29, 1.82) is 0 Å². The lowest BCUT2D eigenvalue weighted by Gasteiger charge is -2.19. The molecule has 0 saturated heterocycles. The van der Waals surface area contributed by atoms with E-state index in [1.807, 2.05) is 20.8 Å². The molecule has 0 amide bonds. The highest BCUT2D eigenvalue weighted by Crippen LogP contribution is 2.26. The fraction of sp³-hybridized carbons (Fsp3) is 0.211. The van der Waals surface area contributed by atoms with Crippen LogP contribution in [0.15, 0.2) is 58.2 Å². The van der Waals surface area contributed by atoms with Crippen molar-refractivity contribution >= 4 is 33.1 Å². The van der Waals surface area contributed by atoms with Gasteiger partial charge in [-0.1, -0.05) is 49.7 Å². The first-order valence-corrected chi connectivity index (χ1v) is 10.2. The predicted molar refractivity (Wildman–Crippen MR) is 105 cm³/mol. The minimum Gasteiger partial charge on any atom is -0.353 e. The van der Waals surface area contributed by atoms with E-state index in [1.165, 1.54) is 36.7 Å². The van der Waals surface area contributed by atoms with Gasteiger partial charge in [-0.2, -0.15) is 0 Å². The summed E-state index contributed by atoms with van der Waals surface area (Å²) in [4.78, 5) is 16.6. The van der Waals surface area contributed by atoms with Crippen LogP contribution in [0.2, 0.25) is 5.02 Å². The normalized spacial score (nSPS) is 12.0. The number of benzene rings is 1. The number of hydrogen-bond acceptors (Lipinski definition) is 6. The molecule has 28 heavy (non-hydrogen) atoms. The number of sulfonamides is 1. The largest absolute Gasteiger partial charge is 0.353 e. The van der Waals surface area contributed by atoms with Crippen LogP contribution in [-0.2, 0) is 15.4 Å². The van der Waals surface area contributed by atoms with Crippen LogP contribution in [0, 0.1) is 0 Å². The highest BCUT2D eigenvalue weighted by atomic mass is 35.5. The maximum atomic E-state index is 12.8. The number of nitrogens with one attached hydrogen (secondary N) is 1. The lowest BCUT2D eigenvalue weighted by atomic mass is 9.87. The van der Waals surface area contributed by atoms with Crippen molar-refractivity contribution in [2.24, 2.45) is 0 Å². The van der Waals surface area contributed by atoms with Crippen molar-refractivity contribution in [3.63, 3.8) is 0 Å². The van der Waals surface area contributed by atoms with Gasteiger partial charge in [0.15, 0.2) is 0 Å². The van der Waals surface area contributed by atoms with Gasteiger partial charge in [0.2, 0.25) is 5.76 Å². The van der Waals surface area contributed by atoms with Gasteiger partial charge in [-0.3, -0.25) is 9.52 Å². The Balaban J connectivity index is 1.96. The number of halogens is 1. The molecule has 2 heterocycles. The van der Waals surface area contributed by atoms with Gasteiger partial charge in [-0.25, -0.2) is 13.4 Å². The number of pyridine rings is 1. The van der Waals surface area contributed by atoms with Crippen LogP contribution in [0.4, 0.5) is 5.69 Å². The number of rotatable bonds is 5. The Kier molecular flexibility index (Phi) is 5.27. The summed E-state index contributed by atoms with van der Waals surface area (Å²) >= 11 is 5.95. The number of aromatic nitrogens is 2. The van der Waals surface area contributed by atoms with Crippen molar-refractivity contribution < 1.29 is 17.7 Å². The van der Waals surface area contributed by atoms with Crippen LogP contribution < -0.4 is 4.72 Å². The number of hydrogen-bond donors (Lipinski definition) is 1. The second kappa shape index (κ2) is 7.37. The van der Waals surface area contributed by atoms with E-state index in [-0.39, 0.29) is 32.5 Å². The van der Waals surface area contributed by atoms with Gasteiger partial charge in [0.05, 0.1) is 21.8 Å². The molecule has 0 spiro atoms. The fourth-order valence-corrected chi connectivity index (χ4v) is 3.70. The lowest BCUT2D eigenvalue weighted by Crippen LogP contribution is -2.17. The molecule has 7 nitrogen and oxygen atoms in total. The maximum absolute atomic E-state index is 12.8. The summed E-state index contributed by atoms with van der Waals surface area (Å²) in [7, 11) is -3.96. The number of anilines is 1. The molecule has 0 atom stereocenters. The molecular weight excluding hydrogens is 402 g/mol. The highest BCUT2D eigenvalue weighted by Gasteiger charge is 2.24. The molecule has 0 aliphatic carbocycles. The second-order valence-electron chi connectivity index (χ2n) is 7.14. The number of carbonyl (C=O) groups excluding carboxylic acids is 1. The van der Waals surface area contributed by atoms with Crippen LogP contribution in [0.25, 0.3) is 0 Å². The third kappa shape index (κ3) is 4.23. The third-order valence-electron chi connectivity index (χ3n) is 4.01. The third-order valence-corrected chi connectivity index (χ3v) is 5.59. The van der Waals surface area contributed by atoms with Crippen LogP contribution in [0.3, 0.4) is 0 Å². The van der Waals surface area contributed by atoms with Crippen LogP contribution >= 0.6 is 11.6 Å². The zero-order valence-electron chi connectivity index (χ0n) is 15.4. The average molecular weight is 420 g/mol. The van der Waals surface area contributed by atoms with E-state index in [1.54, 1.807) is 12.1 Å². The Hall–Kier alpha value is -2.71. The molecule has 0 saturated carbocycles. The lowest BCUT2D eigenvalue weighted by molar-refractivity contribution is 0.0996. The second-order valence-corrected chi connectivity index (χ2v) is 9.25. The molecule has 1 aromatic carbocycles. The first kappa shape index (κ1) is 20.0. The van der Waals surface area contributed by atoms with E-state index >= 15 is 0 Å². The van der Waals surface area contributed by atoms with Gasteiger partial charge in [0, 0.05) is 12.3 Å². The SMILES string of the molecule is CC(C)(C)c1ccc(S(=O)(=O)Nc2cc(Cl)cnc2C(=O)c2ccno2)cc1. The summed E-state index contributed by atoms with van der Waals surface area (Å²) in [6.07, 6.45) is 2.56. The van der Waals surface area contributed by atoms with Crippen molar-refractivity contribution in [2.75, 3.05) is 4.72 Å². The van der Waals surface area contributed by atoms with Gasteiger partial charge < -0.3 is 4.52 Å². The molecule has 0 fully saturated rings. The molecule has 0 bridgehead atoms. The number of carbonyl (C=O) groups is 1. The quantitative estimate of drug-likeness (QED) is 0.626. The standard InChI is InChI=1S/C19H18ClN3O4S/c1-19(2,3)12-4-6-14(7-5-12)28(25,26)23-15-10-13(20)11-21-17(15)18(24)16-8-9-22-27-16/h4-11,23H,1-3H3. The number of nitrogens with zero attached hydrogens (tertiary/aromatic N) is 2. The molecule has 0 aliphatic rings. The molecule has 0 radical (unpaired) electrons. The summed E-state index contributed by atoms with van der Waals surface area (Å²) in [6, 6.07) is 9.22. The highest BCUT2D eigenvalue weighted by molar-refractivity contribution is 7.92. The number of ketones is 1. The minimum atomic E-state index is -3.96. The Bertz CT molecular complexity index is 1100. The molecule has 1 N–H and O–H groups in total. The van der Waals surface area contributed by atoms with E-state index in [4.69, 9.17) is 16.1 Å². The van der Waals surface area contributed by atoms with Gasteiger partial charge >= 0.3 is 0 Å². The molecule has 3 rings (SSSR count).